The predicted molar refractivity (Wildman–Crippen MR) is 90.6 cm³/mol. The summed E-state index contributed by atoms with van der Waals surface area (Å²) in [5.74, 6) is 0.219. The Hall–Kier alpha value is -2.18. The summed E-state index contributed by atoms with van der Waals surface area (Å²) >= 11 is 12.2. The van der Waals surface area contributed by atoms with Gasteiger partial charge in [-0.3, -0.25) is 0 Å². The smallest absolute Gasteiger partial charge is 0.435 e. The van der Waals surface area contributed by atoms with E-state index in [0.717, 1.165) is 6.07 Å². The van der Waals surface area contributed by atoms with Gasteiger partial charge in [-0.25, -0.2) is 4.68 Å². The van der Waals surface area contributed by atoms with Gasteiger partial charge in [0.15, 0.2) is 5.69 Å². The molecule has 0 aliphatic carbocycles. The summed E-state index contributed by atoms with van der Waals surface area (Å²) in [6, 6.07) is 12.4. The van der Waals surface area contributed by atoms with Crippen molar-refractivity contribution in [2.45, 2.75) is 6.18 Å². The van der Waals surface area contributed by atoms with Crippen LogP contribution in [-0.2, 0) is 6.18 Å². The largest absolute Gasteiger partial charge is 0.494 e. The number of halogens is 5. The average Bonchev–Trinajstić information content (AvgIpc) is 3.00. The molecule has 0 N–H and O–H groups in total. The summed E-state index contributed by atoms with van der Waals surface area (Å²) in [6.45, 7) is 0. The Kier molecular flexibility index (Phi) is 4.67. The number of benzene rings is 2. The van der Waals surface area contributed by atoms with Gasteiger partial charge in [-0.1, -0.05) is 41.4 Å². The van der Waals surface area contributed by atoms with Crippen LogP contribution in [0.3, 0.4) is 0 Å². The number of para-hydroxylation sites is 1. The maximum atomic E-state index is 13.2. The first-order valence-corrected chi connectivity index (χ1v) is 7.83. The van der Waals surface area contributed by atoms with E-state index in [1.54, 1.807) is 30.3 Å². The van der Waals surface area contributed by atoms with Crippen molar-refractivity contribution in [3.05, 3.63) is 64.3 Å². The van der Waals surface area contributed by atoms with Gasteiger partial charge < -0.3 is 4.74 Å². The number of methoxy groups -OCH3 is 1. The van der Waals surface area contributed by atoms with E-state index in [2.05, 4.69) is 5.10 Å². The van der Waals surface area contributed by atoms with Gasteiger partial charge in [0, 0.05) is 10.6 Å². The van der Waals surface area contributed by atoms with Crippen LogP contribution in [-0.4, -0.2) is 16.9 Å². The van der Waals surface area contributed by atoms with Crippen LogP contribution in [0, 0.1) is 0 Å². The summed E-state index contributed by atoms with van der Waals surface area (Å²) in [4.78, 5) is 0. The number of aromatic nitrogens is 2. The van der Waals surface area contributed by atoms with E-state index < -0.39 is 11.9 Å². The highest BCUT2D eigenvalue weighted by Gasteiger charge is 2.35. The van der Waals surface area contributed by atoms with E-state index in [4.69, 9.17) is 27.9 Å². The molecule has 0 fully saturated rings. The second-order valence-electron chi connectivity index (χ2n) is 5.13. The summed E-state index contributed by atoms with van der Waals surface area (Å²) in [5.41, 5.74) is -0.0812. The molecule has 2 aromatic carbocycles. The van der Waals surface area contributed by atoms with Gasteiger partial charge in [-0.05, 0) is 30.3 Å². The molecule has 8 heteroatoms. The highest BCUT2D eigenvalue weighted by molar-refractivity contribution is 6.36. The van der Waals surface area contributed by atoms with Gasteiger partial charge in [0.05, 0.1) is 23.5 Å². The average molecular weight is 387 g/mol. The standard InChI is InChI=1S/C17H11Cl2F3N2O/c1-25-16-12(7-10(18)8-13(16)19)14-9-15(17(20,21)22)23-24(14)11-5-3-2-4-6-11/h2-9H,1H3. The number of hydrogen-bond donors (Lipinski definition) is 0. The van der Waals surface area contributed by atoms with Crippen LogP contribution in [0.4, 0.5) is 13.2 Å². The first-order chi connectivity index (χ1) is 11.8. The van der Waals surface area contributed by atoms with E-state index in [-0.39, 0.29) is 21.5 Å². The zero-order valence-electron chi connectivity index (χ0n) is 12.8. The van der Waals surface area contributed by atoms with E-state index in [0.29, 0.717) is 11.3 Å². The minimum Gasteiger partial charge on any atom is -0.494 e. The molecule has 0 saturated heterocycles. The highest BCUT2D eigenvalue weighted by Crippen LogP contribution is 2.41. The first-order valence-electron chi connectivity index (χ1n) is 7.07. The van der Waals surface area contributed by atoms with Crippen LogP contribution >= 0.6 is 23.2 Å². The third kappa shape index (κ3) is 3.45. The van der Waals surface area contributed by atoms with E-state index >= 15 is 0 Å². The lowest BCUT2D eigenvalue weighted by molar-refractivity contribution is -0.141. The lowest BCUT2D eigenvalue weighted by Crippen LogP contribution is -2.07. The third-order valence-corrected chi connectivity index (χ3v) is 3.99. The first kappa shape index (κ1) is 17.6. The number of rotatable bonds is 3. The van der Waals surface area contributed by atoms with Gasteiger partial charge in [0.25, 0.3) is 0 Å². The molecule has 0 atom stereocenters. The molecule has 0 amide bonds. The molecule has 1 aromatic heterocycles. The molecule has 0 spiro atoms. The third-order valence-electron chi connectivity index (χ3n) is 3.49. The van der Waals surface area contributed by atoms with Crippen LogP contribution in [0.15, 0.2) is 48.5 Å². The van der Waals surface area contributed by atoms with Crippen LogP contribution in [0.1, 0.15) is 5.69 Å². The lowest BCUT2D eigenvalue weighted by Gasteiger charge is -2.13. The molecule has 1 heterocycles. The second kappa shape index (κ2) is 6.61. The maximum Gasteiger partial charge on any atom is 0.435 e. The lowest BCUT2D eigenvalue weighted by atomic mass is 10.1. The van der Waals surface area contributed by atoms with Crippen molar-refractivity contribution >= 4 is 23.2 Å². The second-order valence-corrected chi connectivity index (χ2v) is 5.97. The molecular weight excluding hydrogens is 376 g/mol. The van der Waals surface area contributed by atoms with Gasteiger partial charge in [0.2, 0.25) is 0 Å². The Morgan fingerprint density at radius 1 is 1.04 bits per heavy atom. The van der Waals surface area contributed by atoms with Crippen molar-refractivity contribution in [3.63, 3.8) is 0 Å². The zero-order valence-corrected chi connectivity index (χ0v) is 14.3. The van der Waals surface area contributed by atoms with Crippen molar-refractivity contribution < 1.29 is 17.9 Å². The summed E-state index contributed by atoms with van der Waals surface area (Å²) in [6.07, 6.45) is -4.59. The fraction of sp³-hybridized carbons (Fsp3) is 0.118. The van der Waals surface area contributed by atoms with Crippen molar-refractivity contribution in [2.24, 2.45) is 0 Å². The molecule has 0 radical (unpaired) electrons. The topological polar surface area (TPSA) is 27.1 Å². The van der Waals surface area contributed by atoms with Gasteiger partial charge in [0.1, 0.15) is 5.75 Å². The van der Waals surface area contributed by atoms with Crippen molar-refractivity contribution in [1.29, 1.82) is 0 Å². The molecule has 0 saturated carbocycles. The Labute approximate surface area is 151 Å². The van der Waals surface area contributed by atoms with E-state index in [1.165, 1.54) is 23.9 Å². The molecule has 3 nitrogen and oxygen atoms in total. The SMILES string of the molecule is COc1c(Cl)cc(Cl)cc1-c1cc(C(F)(F)F)nn1-c1ccccc1. The number of ether oxygens (including phenoxy) is 1. The van der Waals surface area contributed by atoms with Gasteiger partial charge >= 0.3 is 6.18 Å². The Bertz CT molecular complexity index is 908. The predicted octanol–water partition coefficient (Wildman–Crippen LogP) is 5.87. The minimum atomic E-state index is -4.59. The fourth-order valence-electron chi connectivity index (χ4n) is 2.44. The molecule has 3 rings (SSSR count). The van der Waals surface area contributed by atoms with Crippen LogP contribution in [0.2, 0.25) is 10.0 Å². The Morgan fingerprint density at radius 3 is 2.32 bits per heavy atom. The van der Waals surface area contributed by atoms with Crippen LogP contribution < -0.4 is 4.74 Å². The Morgan fingerprint density at radius 2 is 1.72 bits per heavy atom. The normalized spacial score (nSPS) is 11.6. The molecule has 3 aromatic rings. The monoisotopic (exact) mass is 386 g/mol. The van der Waals surface area contributed by atoms with Gasteiger partial charge in [-0.15, -0.1) is 0 Å². The fourth-order valence-corrected chi connectivity index (χ4v) is 3.01. The van der Waals surface area contributed by atoms with E-state index in [9.17, 15) is 13.2 Å². The molecule has 0 bridgehead atoms. The minimum absolute atomic E-state index is 0.166. The van der Waals surface area contributed by atoms with Crippen molar-refractivity contribution in [2.75, 3.05) is 7.11 Å². The maximum absolute atomic E-state index is 13.2. The Balaban J connectivity index is 2.31. The number of hydrogen-bond acceptors (Lipinski definition) is 2. The highest BCUT2D eigenvalue weighted by atomic mass is 35.5. The van der Waals surface area contributed by atoms with Crippen molar-refractivity contribution in [3.8, 4) is 22.7 Å². The van der Waals surface area contributed by atoms with Crippen LogP contribution in [0.25, 0.3) is 16.9 Å². The molecule has 0 aliphatic heterocycles. The van der Waals surface area contributed by atoms with E-state index in [1.807, 2.05) is 0 Å². The molecule has 0 unspecified atom stereocenters. The summed E-state index contributed by atoms with van der Waals surface area (Å²) in [7, 11) is 1.38. The summed E-state index contributed by atoms with van der Waals surface area (Å²) < 4.78 is 46.0. The molecular formula is C17H11Cl2F3N2O. The van der Waals surface area contributed by atoms with Crippen LogP contribution in [0.5, 0.6) is 5.75 Å². The van der Waals surface area contributed by atoms with Gasteiger partial charge in [-0.2, -0.15) is 18.3 Å². The summed E-state index contributed by atoms with van der Waals surface area (Å²) in [5, 5.41) is 4.18. The number of alkyl halides is 3. The molecule has 0 aliphatic rings. The quantitative estimate of drug-likeness (QED) is 0.562. The number of nitrogens with zero attached hydrogens (tertiary/aromatic N) is 2. The molecule has 25 heavy (non-hydrogen) atoms. The van der Waals surface area contributed by atoms with Crippen molar-refractivity contribution in [1.82, 2.24) is 9.78 Å². The molecule has 130 valence electrons. The zero-order chi connectivity index (χ0) is 18.2.